The van der Waals surface area contributed by atoms with Gasteiger partial charge in [0, 0.05) is 49.3 Å². The van der Waals surface area contributed by atoms with E-state index in [1.165, 1.54) is 0 Å². The number of hydrogen-bond donors (Lipinski definition) is 3. The lowest BCUT2D eigenvalue weighted by Crippen LogP contribution is -2.32. The average Bonchev–Trinajstić information content (AvgIpc) is 2.99. The zero-order chi connectivity index (χ0) is 18.4. The maximum Gasteiger partial charge on any atom is 0.319 e. The van der Waals surface area contributed by atoms with Crippen LogP contribution in [0.25, 0.3) is 0 Å². The van der Waals surface area contributed by atoms with E-state index in [0.29, 0.717) is 25.2 Å². The van der Waals surface area contributed by atoms with Gasteiger partial charge in [-0.2, -0.15) is 0 Å². The van der Waals surface area contributed by atoms with E-state index in [9.17, 15) is 9.59 Å². The Bertz CT molecular complexity index is 748. The first-order valence-corrected chi connectivity index (χ1v) is 8.74. The first kappa shape index (κ1) is 17.7. The Labute approximate surface area is 152 Å². The lowest BCUT2D eigenvalue weighted by Gasteiger charge is -2.22. The van der Waals surface area contributed by atoms with E-state index >= 15 is 0 Å². The van der Waals surface area contributed by atoms with Gasteiger partial charge in [0.1, 0.15) is 0 Å². The molecule has 1 aromatic heterocycles. The molecule has 3 amide bonds. The number of carbonyl (C=O) groups excluding carboxylic acids is 2. The van der Waals surface area contributed by atoms with Crippen molar-refractivity contribution in [3.05, 3.63) is 48.8 Å². The van der Waals surface area contributed by atoms with Gasteiger partial charge in [-0.3, -0.25) is 9.78 Å². The van der Waals surface area contributed by atoms with Gasteiger partial charge in [-0.05, 0) is 49.7 Å². The van der Waals surface area contributed by atoms with Crippen LogP contribution in [0.3, 0.4) is 0 Å². The lowest BCUT2D eigenvalue weighted by atomic mass is 10.2. The summed E-state index contributed by atoms with van der Waals surface area (Å²) in [7, 11) is 0. The van der Waals surface area contributed by atoms with Crippen LogP contribution in [0.5, 0.6) is 0 Å². The highest BCUT2D eigenvalue weighted by molar-refractivity contribution is 5.96. The first-order chi connectivity index (χ1) is 12.6. The van der Waals surface area contributed by atoms with Gasteiger partial charge in [0.2, 0.25) is 5.91 Å². The summed E-state index contributed by atoms with van der Waals surface area (Å²) in [4.78, 5) is 29.7. The molecule has 1 aliphatic rings. The molecule has 136 valence electrons. The van der Waals surface area contributed by atoms with Crippen molar-refractivity contribution < 1.29 is 9.59 Å². The van der Waals surface area contributed by atoms with Gasteiger partial charge in [-0.15, -0.1) is 0 Å². The third-order valence-electron chi connectivity index (χ3n) is 4.29. The van der Waals surface area contributed by atoms with Gasteiger partial charge >= 0.3 is 6.03 Å². The van der Waals surface area contributed by atoms with E-state index in [4.69, 9.17) is 0 Å². The van der Waals surface area contributed by atoms with Crippen LogP contribution in [-0.2, 0) is 4.79 Å². The Hall–Kier alpha value is -3.09. The highest BCUT2D eigenvalue weighted by Crippen LogP contribution is 2.27. The molecule has 1 aromatic carbocycles. The summed E-state index contributed by atoms with van der Waals surface area (Å²) in [6.07, 6.45) is 4.92. The summed E-state index contributed by atoms with van der Waals surface area (Å²) in [6, 6.07) is 11.1. The fourth-order valence-corrected chi connectivity index (χ4v) is 2.96. The number of rotatable bonds is 6. The molecule has 2 heterocycles. The average molecular weight is 353 g/mol. The number of urea groups is 1. The molecule has 0 radical (unpaired) electrons. The number of anilines is 3. The molecule has 1 atom stereocenters. The first-order valence-electron chi connectivity index (χ1n) is 8.74. The molecule has 0 unspecified atom stereocenters. The van der Waals surface area contributed by atoms with Crippen molar-refractivity contribution in [3.63, 3.8) is 0 Å². The van der Waals surface area contributed by atoms with Crippen LogP contribution < -0.4 is 20.9 Å². The number of carbonyl (C=O) groups is 2. The SMILES string of the molecule is C[C@@H]1CCC(=O)N1c1ccc(NC(=O)NCCNc2cccnc2)cc1. The van der Waals surface area contributed by atoms with E-state index in [1.807, 2.05) is 36.1 Å². The topological polar surface area (TPSA) is 86.4 Å². The maximum absolute atomic E-state index is 11.9. The molecule has 1 saturated heterocycles. The summed E-state index contributed by atoms with van der Waals surface area (Å²) < 4.78 is 0. The number of nitrogens with one attached hydrogen (secondary N) is 3. The zero-order valence-corrected chi connectivity index (χ0v) is 14.7. The summed E-state index contributed by atoms with van der Waals surface area (Å²) in [6.45, 7) is 3.13. The van der Waals surface area contributed by atoms with E-state index in [0.717, 1.165) is 17.8 Å². The second-order valence-electron chi connectivity index (χ2n) is 6.25. The molecule has 0 spiro atoms. The Morgan fingerprint density at radius 2 is 2.00 bits per heavy atom. The number of hydrogen-bond acceptors (Lipinski definition) is 4. The lowest BCUT2D eigenvalue weighted by molar-refractivity contribution is -0.117. The van der Waals surface area contributed by atoms with Crippen molar-refractivity contribution in [2.24, 2.45) is 0 Å². The number of aromatic nitrogens is 1. The molecule has 7 heteroatoms. The molecule has 26 heavy (non-hydrogen) atoms. The second-order valence-corrected chi connectivity index (χ2v) is 6.25. The molecule has 3 N–H and O–H groups in total. The van der Waals surface area contributed by atoms with Crippen LogP contribution in [-0.4, -0.2) is 36.1 Å². The van der Waals surface area contributed by atoms with E-state index in [2.05, 4.69) is 20.9 Å². The summed E-state index contributed by atoms with van der Waals surface area (Å²) in [5.74, 6) is 0.150. The quantitative estimate of drug-likeness (QED) is 0.697. The van der Waals surface area contributed by atoms with Crippen molar-refractivity contribution >= 4 is 29.0 Å². The maximum atomic E-state index is 11.9. The van der Waals surface area contributed by atoms with Crippen molar-refractivity contribution in [1.82, 2.24) is 10.3 Å². The van der Waals surface area contributed by atoms with Crippen LogP contribution in [0.2, 0.25) is 0 Å². The third-order valence-corrected chi connectivity index (χ3v) is 4.29. The summed E-state index contributed by atoms with van der Waals surface area (Å²) >= 11 is 0. The molecular formula is C19H23N5O2. The van der Waals surface area contributed by atoms with Gasteiger partial charge in [-0.25, -0.2) is 4.79 Å². The fraction of sp³-hybridized carbons (Fsp3) is 0.316. The van der Waals surface area contributed by atoms with Crippen LogP contribution in [0, 0.1) is 0 Å². The molecule has 3 rings (SSSR count). The standard InChI is InChI=1S/C19H23N5O2/c1-14-4-9-18(25)24(14)17-7-5-15(6-8-17)23-19(26)22-12-11-21-16-3-2-10-20-13-16/h2-3,5-8,10,13-14,21H,4,9,11-12H2,1H3,(H2,22,23,26)/t14-/m1/s1. The van der Waals surface area contributed by atoms with Crippen LogP contribution >= 0.6 is 0 Å². The van der Waals surface area contributed by atoms with E-state index < -0.39 is 0 Å². The summed E-state index contributed by atoms with van der Waals surface area (Å²) in [5.41, 5.74) is 2.47. The van der Waals surface area contributed by atoms with Crippen LogP contribution in [0.4, 0.5) is 21.9 Å². The molecule has 0 bridgehead atoms. The van der Waals surface area contributed by atoms with Crippen LogP contribution in [0.1, 0.15) is 19.8 Å². The van der Waals surface area contributed by atoms with Crippen LogP contribution in [0.15, 0.2) is 48.8 Å². The Balaban J connectivity index is 1.43. The summed E-state index contributed by atoms with van der Waals surface area (Å²) in [5, 5.41) is 8.74. The van der Waals surface area contributed by atoms with Gasteiger partial charge in [0.05, 0.1) is 5.69 Å². The van der Waals surface area contributed by atoms with Gasteiger partial charge in [-0.1, -0.05) is 0 Å². The molecule has 0 saturated carbocycles. The third kappa shape index (κ3) is 4.50. The number of amides is 3. The fourth-order valence-electron chi connectivity index (χ4n) is 2.96. The molecule has 1 aliphatic heterocycles. The minimum atomic E-state index is -0.267. The largest absolute Gasteiger partial charge is 0.382 e. The van der Waals surface area contributed by atoms with Gasteiger partial charge in [0.25, 0.3) is 0 Å². The number of benzene rings is 1. The number of pyridine rings is 1. The highest BCUT2D eigenvalue weighted by atomic mass is 16.2. The van der Waals surface area contributed by atoms with E-state index in [1.54, 1.807) is 24.5 Å². The van der Waals surface area contributed by atoms with Gasteiger partial charge < -0.3 is 20.9 Å². The van der Waals surface area contributed by atoms with Crippen molar-refractivity contribution in [2.75, 3.05) is 28.6 Å². The molecule has 7 nitrogen and oxygen atoms in total. The van der Waals surface area contributed by atoms with E-state index in [-0.39, 0.29) is 18.0 Å². The monoisotopic (exact) mass is 353 g/mol. The minimum Gasteiger partial charge on any atom is -0.382 e. The smallest absolute Gasteiger partial charge is 0.319 e. The number of nitrogens with zero attached hydrogens (tertiary/aromatic N) is 2. The van der Waals surface area contributed by atoms with Crippen molar-refractivity contribution in [3.8, 4) is 0 Å². The predicted octanol–water partition coefficient (Wildman–Crippen LogP) is 2.83. The van der Waals surface area contributed by atoms with Crippen molar-refractivity contribution in [1.29, 1.82) is 0 Å². The molecular weight excluding hydrogens is 330 g/mol. The molecule has 0 aliphatic carbocycles. The normalized spacial score (nSPS) is 16.4. The Morgan fingerprint density at radius 3 is 2.65 bits per heavy atom. The Morgan fingerprint density at radius 1 is 1.19 bits per heavy atom. The predicted molar refractivity (Wildman–Crippen MR) is 102 cm³/mol. The van der Waals surface area contributed by atoms with Crippen molar-refractivity contribution in [2.45, 2.75) is 25.8 Å². The molecule has 1 fully saturated rings. The minimum absolute atomic E-state index is 0.150. The zero-order valence-electron chi connectivity index (χ0n) is 14.7. The highest BCUT2D eigenvalue weighted by Gasteiger charge is 2.28. The second kappa shape index (κ2) is 8.33. The Kier molecular flexibility index (Phi) is 5.68. The molecule has 2 aromatic rings. The van der Waals surface area contributed by atoms with Gasteiger partial charge in [0.15, 0.2) is 0 Å².